The van der Waals surface area contributed by atoms with E-state index in [2.05, 4.69) is 40.8 Å². The molecule has 0 saturated heterocycles. The van der Waals surface area contributed by atoms with Crippen LogP contribution in [-0.2, 0) is 15.3 Å². The van der Waals surface area contributed by atoms with Crippen LogP contribution in [0.3, 0.4) is 0 Å². The Morgan fingerprint density at radius 1 is 1.04 bits per heavy atom. The van der Waals surface area contributed by atoms with Gasteiger partial charge in [0.1, 0.15) is 0 Å². The van der Waals surface area contributed by atoms with E-state index in [1.165, 1.54) is 10.1 Å². The van der Waals surface area contributed by atoms with Crippen molar-refractivity contribution in [2.24, 2.45) is 0 Å². The van der Waals surface area contributed by atoms with Gasteiger partial charge in [-0.1, -0.05) is 45.0 Å². The van der Waals surface area contributed by atoms with Crippen molar-refractivity contribution in [2.75, 3.05) is 12.0 Å². The molecule has 24 heavy (non-hydrogen) atoms. The molecular weight excluding hydrogens is 328 g/mol. The van der Waals surface area contributed by atoms with E-state index in [4.69, 9.17) is 5.73 Å². The lowest BCUT2D eigenvalue weighted by molar-refractivity contribution is 0.590. The molecule has 9 heteroatoms. The lowest BCUT2D eigenvalue weighted by Crippen LogP contribution is -2.11. The molecule has 0 amide bonds. The van der Waals surface area contributed by atoms with E-state index in [1.54, 1.807) is 0 Å². The molecule has 0 fully saturated rings. The van der Waals surface area contributed by atoms with Crippen LogP contribution in [0.5, 0.6) is 0 Å². The fraction of sp³-hybridized carbons (Fsp3) is 0.333. The number of hydrogen-bond acceptors (Lipinski definition) is 7. The van der Waals surface area contributed by atoms with Crippen molar-refractivity contribution in [3.63, 3.8) is 0 Å². The van der Waals surface area contributed by atoms with Gasteiger partial charge in [-0.15, -0.1) is 5.10 Å². The number of fused-ring (bicyclic) bond motifs is 1. The maximum atomic E-state index is 11.6. The van der Waals surface area contributed by atoms with Crippen LogP contribution in [0.4, 0.5) is 5.95 Å². The second-order valence-corrected chi connectivity index (χ2v) is 8.52. The summed E-state index contributed by atoms with van der Waals surface area (Å²) >= 11 is 0. The Bertz CT molecular complexity index is 1020. The summed E-state index contributed by atoms with van der Waals surface area (Å²) in [5.74, 6) is 0.422. The predicted molar refractivity (Wildman–Crippen MR) is 90.2 cm³/mol. The molecule has 0 unspecified atom stereocenters. The molecule has 0 bridgehead atoms. The minimum Gasteiger partial charge on any atom is -0.368 e. The van der Waals surface area contributed by atoms with Crippen LogP contribution in [0, 0.1) is 0 Å². The zero-order valence-electron chi connectivity index (χ0n) is 13.8. The van der Waals surface area contributed by atoms with Gasteiger partial charge in [0.15, 0.2) is 5.82 Å². The SMILES string of the molecule is CC(C)(C)c1ccc(-c2nc3nc(S(C)(=O)=O)nc(N)n3n2)cc1. The summed E-state index contributed by atoms with van der Waals surface area (Å²) in [6.07, 6.45) is 1.01. The Morgan fingerprint density at radius 2 is 1.67 bits per heavy atom. The molecule has 2 aromatic heterocycles. The molecule has 2 heterocycles. The van der Waals surface area contributed by atoms with Gasteiger partial charge in [-0.2, -0.15) is 19.5 Å². The largest absolute Gasteiger partial charge is 0.368 e. The number of anilines is 1. The minimum atomic E-state index is -3.58. The number of rotatable bonds is 2. The summed E-state index contributed by atoms with van der Waals surface area (Å²) < 4.78 is 24.4. The third kappa shape index (κ3) is 2.94. The number of nitrogen functional groups attached to an aromatic ring is 1. The van der Waals surface area contributed by atoms with Gasteiger partial charge >= 0.3 is 0 Å². The molecule has 0 radical (unpaired) electrons. The van der Waals surface area contributed by atoms with Crippen molar-refractivity contribution >= 4 is 21.6 Å². The number of hydrogen-bond donors (Lipinski definition) is 1. The number of benzene rings is 1. The van der Waals surface area contributed by atoms with E-state index >= 15 is 0 Å². The first-order valence-electron chi connectivity index (χ1n) is 7.27. The van der Waals surface area contributed by atoms with E-state index in [0.717, 1.165) is 11.8 Å². The Morgan fingerprint density at radius 3 is 2.21 bits per heavy atom. The molecule has 8 nitrogen and oxygen atoms in total. The lowest BCUT2D eigenvalue weighted by atomic mass is 9.87. The summed E-state index contributed by atoms with van der Waals surface area (Å²) in [7, 11) is -3.58. The minimum absolute atomic E-state index is 0.0468. The highest BCUT2D eigenvalue weighted by Gasteiger charge is 2.18. The fourth-order valence-electron chi connectivity index (χ4n) is 2.19. The summed E-state index contributed by atoms with van der Waals surface area (Å²) in [5, 5.41) is 3.89. The smallest absolute Gasteiger partial charge is 0.258 e. The maximum Gasteiger partial charge on any atom is 0.258 e. The van der Waals surface area contributed by atoms with Crippen molar-refractivity contribution in [3.05, 3.63) is 29.8 Å². The average molecular weight is 346 g/mol. The molecule has 0 saturated carbocycles. The molecule has 3 aromatic rings. The normalized spacial score (nSPS) is 12.7. The van der Waals surface area contributed by atoms with E-state index in [-0.39, 0.29) is 22.3 Å². The van der Waals surface area contributed by atoms with Gasteiger partial charge in [-0.25, -0.2) is 8.42 Å². The van der Waals surface area contributed by atoms with Crippen molar-refractivity contribution < 1.29 is 8.42 Å². The Balaban J connectivity index is 2.10. The van der Waals surface area contributed by atoms with Crippen LogP contribution in [0.15, 0.2) is 29.4 Å². The van der Waals surface area contributed by atoms with Crippen LogP contribution in [0.1, 0.15) is 26.3 Å². The molecule has 3 rings (SSSR count). The zero-order chi connectivity index (χ0) is 17.7. The molecule has 0 aliphatic heterocycles. The number of aromatic nitrogens is 5. The summed E-state index contributed by atoms with van der Waals surface area (Å²) in [6, 6.07) is 7.85. The second kappa shape index (κ2) is 5.23. The third-order valence-corrected chi connectivity index (χ3v) is 4.40. The van der Waals surface area contributed by atoms with E-state index in [1.807, 2.05) is 24.3 Å². The summed E-state index contributed by atoms with van der Waals surface area (Å²) in [5.41, 5.74) is 7.79. The highest BCUT2D eigenvalue weighted by molar-refractivity contribution is 7.90. The van der Waals surface area contributed by atoms with Gasteiger partial charge in [0.2, 0.25) is 15.8 Å². The summed E-state index contributed by atoms with van der Waals surface area (Å²) in [4.78, 5) is 12.0. The zero-order valence-corrected chi connectivity index (χ0v) is 14.7. The monoisotopic (exact) mass is 346 g/mol. The molecule has 1 aromatic carbocycles. The second-order valence-electron chi connectivity index (χ2n) is 6.61. The van der Waals surface area contributed by atoms with Gasteiger partial charge in [0.25, 0.3) is 10.9 Å². The highest BCUT2D eigenvalue weighted by Crippen LogP contribution is 2.25. The van der Waals surface area contributed by atoms with Crippen LogP contribution >= 0.6 is 0 Å². The molecule has 0 spiro atoms. The van der Waals surface area contributed by atoms with Crippen LogP contribution in [0.25, 0.3) is 17.2 Å². The van der Waals surface area contributed by atoms with E-state index in [9.17, 15) is 8.42 Å². The van der Waals surface area contributed by atoms with Gasteiger partial charge in [0, 0.05) is 11.8 Å². The first-order valence-corrected chi connectivity index (χ1v) is 9.16. The molecular formula is C15H18N6O2S. The maximum absolute atomic E-state index is 11.6. The number of nitrogens with two attached hydrogens (primary N) is 1. The molecule has 126 valence electrons. The fourth-order valence-corrected chi connectivity index (χ4v) is 2.70. The van der Waals surface area contributed by atoms with Gasteiger partial charge in [-0.05, 0) is 11.0 Å². The van der Waals surface area contributed by atoms with Crippen molar-refractivity contribution in [3.8, 4) is 11.4 Å². The van der Waals surface area contributed by atoms with E-state index in [0.29, 0.717) is 5.82 Å². The third-order valence-electron chi connectivity index (χ3n) is 3.55. The molecule has 0 aliphatic carbocycles. The molecule has 0 atom stereocenters. The van der Waals surface area contributed by atoms with Crippen molar-refractivity contribution in [2.45, 2.75) is 31.3 Å². The Hall–Kier alpha value is -2.55. The average Bonchev–Trinajstić information content (AvgIpc) is 2.90. The predicted octanol–water partition coefficient (Wildman–Crippen LogP) is 1.47. The summed E-state index contributed by atoms with van der Waals surface area (Å²) in [6.45, 7) is 6.40. The van der Waals surface area contributed by atoms with Gasteiger partial charge < -0.3 is 5.73 Å². The molecule has 2 N–H and O–H groups in total. The van der Waals surface area contributed by atoms with Crippen molar-refractivity contribution in [1.82, 2.24) is 24.6 Å². The van der Waals surface area contributed by atoms with Crippen LogP contribution in [-0.4, -0.2) is 39.2 Å². The van der Waals surface area contributed by atoms with Crippen LogP contribution in [0.2, 0.25) is 0 Å². The highest BCUT2D eigenvalue weighted by atomic mass is 32.2. The quantitative estimate of drug-likeness (QED) is 0.746. The molecule has 0 aliphatic rings. The first-order chi connectivity index (χ1) is 11.1. The van der Waals surface area contributed by atoms with Crippen LogP contribution < -0.4 is 5.73 Å². The number of sulfone groups is 1. The topological polar surface area (TPSA) is 116 Å². The van der Waals surface area contributed by atoms with Crippen molar-refractivity contribution in [1.29, 1.82) is 0 Å². The number of nitrogens with zero attached hydrogens (tertiary/aromatic N) is 5. The standard InChI is InChI=1S/C15H18N6O2S/c1-15(2,3)10-7-5-9(6-8-10)11-17-13-19-14(24(4,22)23)18-12(16)21(13)20-11/h5-8H,1-4H3,(H2,16,17,18,19,20). The Kier molecular flexibility index (Phi) is 3.56. The van der Waals surface area contributed by atoms with E-state index < -0.39 is 9.84 Å². The van der Waals surface area contributed by atoms with Gasteiger partial charge in [-0.3, -0.25) is 0 Å². The first kappa shape index (κ1) is 16.3. The Labute approximate surface area is 139 Å². The lowest BCUT2D eigenvalue weighted by Gasteiger charge is -2.18. The van der Waals surface area contributed by atoms with Gasteiger partial charge in [0.05, 0.1) is 0 Å².